The van der Waals surface area contributed by atoms with Gasteiger partial charge in [-0.15, -0.1) is 0 Å². The highest BCUT2D eigenvalue weighted by atomic mass is 16.2. The van der Waals surface area contributed by atoms with E-state index in [2.05, 4.69) is 17.4 Å². The van der Waals surface area contributed by atoms with Crippen LogP contribution < -0.4 is 16.8 Å². The van der Waals surface area contributed by atoms with Crippen molar-refractivity contribution in [3.05, 3.63) is 106 Å². The van der Waals surface area contributed by atoms with Crippen LogP contribution in [0.4, 0.5) is 5.82 Å². The number of rotatable bonds is 6. The van der Waals surface area contributed by atoms with Gasteiger partial charge >= 0.3 is 0 Å². The van der Waals surface area contributed by atoms with Crippen LogP contribution in [0, 0.1) is 6.92 Å². The minimum absolute atomic E-state index is 0.0334. The summed E-state index contributed by atoms with van der Waals surface area (Å²) in [5.74, 6) is -0.445. The van der Waals surface area contributed by atoms with Crippen molar-refractivity contribution < 1.29 is 9.59 Å². The van der Waals surface area contributed by atoms with Crippen LogP contribution in [0.1, 0.15) is 55.4 Å². The number of hydrogen-bond donors (Lipinski definition) is 3. The summed E-state index contributed by atoms with van der Waals surface area (Å²) in [4.78, 5) is 24.8. The molecule has 35 heavy (non-hydrogen) atoms. The molecule has 1 heterocycles. The number of carbonyl (C=O) groups is 2. The van der Waals surface area contributed by atoms with Crippen molar-refractivity contribution in [2.24, 2.45) is 5.73 Å². The number of nitrogens with two attached hydrogens (primary N) is 2. The summed E-state index contributed by atoms with van der Waals surface area (Å²) in [6.45, 7) is 2.29. The molecule has 0 bridgehead atoms. The molecular weight excluding hydrogens is 438 g/mol. The number of aryl methyl sites for hydroxylation is 2. The third-order valence-corrected chi connectivity index (χ3v) is 6.66. The van der Waals surface area contributed by atoms with E-state index in [1.807, 2.05) is 67.6 Å². The van der Waals surface area contributed by atoms with Gasteiger partial charge in [-0.1, -0.05) is 66.7 Å². The predicted octanol–water partition coefficient (Wildman–Crippen LogP) is 4.01. The minimum atomic E-state index is -0.607. The molecular formula is C28H27N5O2. The van der Waals surface area contributed by atoms with Crippen molar-refractivity contribution in [3.8, 4) is 11.3 Å². The van der Waals surface area contributed by atoms with Crippen molar-refractivity contribution in [2.75, 3.05) is 5.73 Å². The minimum Gasteiger partial charge on any atom is -0.383 e. The van der Waals surface area contributed by atoms with Gasteiger partial charge < -0.3 is 16.8 Å². The zero-order chi connectivity index (χ0) is 24.5. The molecule has 0 radical (unpaired) electrons. The number of aromatic nitrogens is 2. The van der Waals surface area contributed by atoms with E-state index in [9.17, 15) is 9.59 Å². The Morgan fingerprint density at radius 2 is 1.74 bits per heavy atom. The fraction of sp³-hybridized carbons (Fsp3) is 0.179. The summed E-state index contributed by atoms with van der Waals surface area (Å²) in [7, 11) is 0. The number of nitrogens with one attached hydrogen (secondary N) is 1. The number of benzene rings is 3. The van der Waals surface area contributed by atoms with Crippen molar-refractivity contribution >= 4 is 17.6 Å². The first-order chi connectivity index (χ1) is 16.9. The Kier molecular flexibility index (Phi) is 5.82. The molecule has 2 amide bonds. The highest BCUT2D eigenvalue weighted by Crippen LogP contribution is 2.38. The van der Waals surface area contributed by atoms with Crippen LogP contribution in [0.15, 0.2) is 72.8 Å². The molecule has 0 fully saturated rings. The molecule has 1 atom stereocenters. The second kappa shape index (κ2) is 9.10. The molecule has 0 spiro atoms. The lowest BCUT2D eigenvalue weighted by Crippen LogP contribution is -2.23. The molecule has 1 aliphatic carbocycles. The van der Waals surface area contributed by atoms with Gasteiger partial charge in [-0.25, -0.2) is 4.68 Å². The van der Waals surface area contributed by atoms with E-state index < -0.39 is 5.91 Å². The first-order valence-electron chi connectivity index (χ1n) is 11.6. The Morgan fingerprint density at radius 1 is 1.03 bits per heavy atom. The van der Waals surface area contributed by atoms with Gasteiger partial charge in [0.2, 0.25) is 0 Å². The van der Waals surface area contributed by atoms with Crippen molar-refractivity contribution in [2.45, 2.75) is 32.4 Å². The molecule has 5 N–H and O–H groups in total. The summed E-state index contributed by atoms with van der Waals surface area (Å²) in [5.41, 5.74) is 18.5. The van der Waals surface area contributed by atoms with Crippen molar-refractivity contribution in [3.63, 3.8) is 0 Å². The Balaban J connectivity index is 1.39. The Hall–Kier alpha value is -4.39. The maximum Gasteiger partial charge on any atom is 0.254 e. The Bertz CT molecular complexity index is 1420. The zero-order valence-corrected chi connectivity index (χ0v) is 19.5. The molecule has 1 aliphatic rings. The second-order valence-electron chi connectivity index (χ2n) is 8.87. The van der Waals surface area contributed by atoms with Crippen LogP contribution in [-0.4, -0.2) is 21.6 Å². The van der Waals surface area contributed by atoms with E-state index in [0.717, 1.165) is 29.5 Å². The van der Waals surface area contributed by atoms with Gasteiger partial charge in [0.1, 0.15) is 17.1 Å². The van der Waals surface area contributed by atoms with Gasteiger partial charge in [0, 0.05) is 17.7 Å². The average Bonchev–Trinajstić information content (AvgIpc) is 3.44. The number of amides is 2. The fourth-order valence-electron chi connectivity index (χ4n) is 4.80. The predicted molar refractivity (Wildman–Crippen MR) is 136 cm³/mol. The molecule has 0 saturated carbocycles. The summed E-state index contributed by atoms with van der Waals surface area (Å²) < 4.78 is 1.73. The lowest BCUT2D eigenvalue weighted by atomic mass is 10.0. The van der Waals surface area contributed by atoms with E-state index in [1.54, 1.807) is 4.68 Å². The van der Waals surface area contributed by atoms with Crippen LogP contribution >= 0.6 is 0 Å². The largest absolute Gasteiger partial charge is 0.383 e. The van der Waals surface area contributed by atoms with E-state index >= 15 is 0 Å². The molecule has 4 aromatic rings. The normalized spacial score (nSPS) is 14.5. The maximum atomic E-state index is 12.5. The third kappa shape index (κ3) is 4.17. The maximum absolute atomic E-state index is 12.5. The average molecular weight is 466 g/mol. The SMILES string of the molecule is Cc1ccccc1C(=O)NCc1ccc(-c2nn(C3CCc4ccccc43)c(N)c2C(N)=O)cc1. The smallest absolute Gasteiger partial charge is 0.254 e. The Morgan fingerprint density at radius 3 is 2.49 bits per heavy atom. The van der Waals surface area contributed by atoms with Gasteiger partial charge in [-0.05, 0) is 48.1 Å². The summed E-state index contributed by atoms with van der Waals surface area (Å²) >= 11 is 0. The molecule has 5 rings (SSSR count). The number of nitrogen functional groups attached to an aromatic ring is 1. The lowest BCUT2D eigenvalue weighted by Gasteiger charge is -2.14. The highest BCUT2D eigenvalue weighted by Gasteiger charge is 2.30. The number of primary amides is 1. The van der Waals surface area contributed by atoms with E-state index in [0.29, 0.717) is 17.8 Å². The van der Waals surface area contributed by atoms with E-state index in [-0.39, 0.29) is 23.3 Å². The van der Waals surface area contributed by atoms with Crippen LogP contribution in [-0.2, 0) is 13.0 Å². The van der Waals surface area contributed by atoms with E-state index in [1.165, 1.54) is 11.1 Å². The van der Waals surface area contributed by atoms with E-state index in [4.69, 9.17) is 16.6 Å². The molecule has 7 nitrogen and oxygen atoms in total. The number of carbonyl (C=O) groups excluding carboxylic acids is 2. The van der Waals surface area contributed by atoms with Crippen LogP contribution in [0.3, 0.4) is 0 Å². The van der Waals surface area contributed by atoms with Gasteiger partial charge in [0.15, 0.2) is 0 Å². The first kappa shape index (κ1) is 22.4. The van der Waals surface area contributed by atoms with Crippen molar-refractivity contribution in [1.29, 1.82) is 0 Å². The number of nitrogens with zero attached hydrogens (tertiary/aromatic N) is 2. The summed E-state index contributed by atoms with van der Waals surface area (Å²) in [6.07, 6.45) is 1.80. The fourth-order valence-corrected chi connectivity index (χ4v) is 4.80. The first-order valence-corrected chi connectivity index (χ1v) is 11.6. The highest BCUT2D eigenvalue weighted by molar-refractivity contribution is 6.03. The molecule has 1 aromatic heterocycles. The number of hydrogen-bond acceptors (Lipinski definition) is 4. The topological polar surface area (TPSA) is 116 Å². The third-order valence-electron chi connectivity index (χ3n) is 6.66. The quantitative estimate of drug-likeness (QED) is 0.399. The molecule has 3 aromatic carbocycles. The van der Waals surface area contributed by atoms with Gasteiger partial charge in [-0.3, -0.25) is 9.59 Å². The molecule has 0 aliphatic heterocycles. The number of anilines is 1. The van der Waals surface area contributed by atoms with Crippen LogP contribution in [0.25, 0.3) is 11.3 Å². The van der Waals surface area contributed by atoms with Gasteiger partial charge in [0.05, 0.1) is 6.04 Å². The van der Waals surface area contributed by atoms with Gasteiger partial charge in [-0.2, -0.15) is 5.10 Å². The lowest BCUT2D eigenvalue weighted by molar-refractivity contribution is 0.0949. The molecule has 1 unspecified atom stereocenters. The van der Waals surface area contributed by atoms with Crippen molar-refractivity contribution in [1.82, 2.24) is 15.1 Å². The summed E-state index contributed by atoms with van der Waals surface area (Å²) in [5, 5.41) is 7.71. The molecule has 0 saturated heterocycles. The van der Waals surface area contributed by atoms with Crippen LogP contribution in [0.5, 0.6) is 0 Å². The second-order valence-corrected chi connectivity index (χ2v) is 8.87. The van der Waals surface area contributed by atoms with Crippen LogP contribution in [0.2, 0.25) is 0 Å². The van der Waals surface area contributed by atoms with Gasteiger partial charge in [0.25, 0.3) is 11.8 Å². The Labute approximate surface area is 203 Å². The number of fused-ring (bicyclic) bond motifs is 1. The zero-order valence-electron chi connectivity index (χ0n) is 19.5. The summed E-state index contributed by atoms with van der Waals surface area (Å²) in [6, 6.07) is 23.2. The molecule has 7 heteroatoms. The molecule has 176 valence electrons. The standard InChI is InChI=1S/C28H27N5O2/c1-17-6-2-4-8-21(17)28(35)31-16-18-10-12-20(13-11-18)25-24(27(30)34)26(29)33(32-25)23-15-14-19-7-3-5-9-22(19)23/h2-13,23H,14-16,29H2,1H3,(H2,30,34)(H,31,35). The monoisotopic (exact) mass is 465 g/mol.